The van der Waals surface area contributed by atoms with Gasteiger partial charge in [0, 0.05) is 16.1 Å². The van der Waals surface area contributed by atoms with Crippen molar-refractivity contribution < 1.29 is 9.90 Å². The number of amides is 1. The molecule has 0 saturated carbocycles. The summed E-state index contributed by atoms with van der Waals surface area (Å²) in [6.07, 6.45) is -1.23. The molecule has 0 aliphatic carbocycles. The summed E-state index contributed by atoms with van der Waals surface area (Å²) in [5.74, 6) is -0.444. The predicted octanol–water partition coefficient (Wildman–Crippen LogP) is 2.29. The Labute approximate surface area is 100 Å². The van der Waals surface area contributed by atoms with Gasteiger partial charge in [0.1, 0.15) is 0 Å². The van der Waals surface area contributed by atoms with Crippen LogP contribution in [0.15, 0.2) is 24.3 Å². The lowest BCUT2D eigenvalue weighted by molar-refractivity contribution is -0.131. The van der Waals surface area contributed by atoms with E-state index >= 15 is 0 Å². The minimum absolute atomic E-state index is 0.376. The van der Waals surface area contributed by atoms with Crippen LogP contribution in [0.4, 0.5) is 0 Å². The third kappa shape index (κ3) is 3.51. The van der Waals surface area contributed by atoms with E-state index in [4.69, 9.17) is 11.6 Å². The molecule has 4 heteroatoms. The molecule has 1 aromatic carbocycles. The number of aliphatic hydroxyl groups excluding tert-OH is 1. The standard InChI is InChI=1S/C12H16ClNO2/c1-12(2,3)14-11(16)10(15)8-6-4-5-7-9(8)13/h4-7,10,15H,1-3H3,(H,14,16). The first-order chi connectivity index (χ1) is 7.31. The van der Waals surface area contributed by atoms with E-state index in [1.807, 2.05) is 20.8 Å². The summed E-state index contributed by atoms with van der Waals surface area (Å²) in [6, 6.07) is 6.76. The third-order valence-corrected chi connectivity index (χ3v) is 2.29. The van der Waals surface area contributed by atoms with Crippen molar-refractivity contribution in [3.05, 3.63) is 34.9 Å². The zero-order valence-electron chi connectivity index (χ0n) is 9.62. The molecule has 16 heavy (non-hydrogen) atoms. The number of carbonyl (C=O) groups excluding carboxylic acids is 1. The van der Waals surface area contributed by atoms with Gasteiger partial charge in [-0.2, -0.15) is 0 Å². The van der Waals surface area contributed by atoms with E-state index in [2.05, 4.69) is 5.32 Å². The number of hydrogen-bond donors (Lipinski definition) is 2. The summed E-state index contributed by atoms with van der Waals surface area (Å²) in [5, 5.41) is 12.9. The first-order valence-electron chi connectivity index (χ1n) is 5.06. The van der Waals surface area contributed by atoms with Crippen molar-refractivity contribution in [3.8, 4) is 0 Å². The first-order valence-corrected chi connectivity index (χ1v) is 5.43. The van der Waals surface area contributed by atoms with Gasteiger partial charge in [0.15, 0.2) is 6.10 Å². The molecule has 0 fully saturated rings. The van der Waals surface area contributed by atoms with Crippen LogP contribution in [0.1, 0.15) is 32.4 Å². The zero-order valence-corrected chi connectivity index (χ0v) is 10.4. The van der Waals surface area contributed by atoms with Gasteiger partial charge in [-0.15, -0.1) is 0 Å². The van der Waals surface area contributed by atoms with Gasteiger partial charge in [-0.05, 0) is 26.8 Å². The topological polar surface area (TPSA) is 49.3 Å². The Morgan fingerprint density at radius 3 is 2.44 bits per heavy atom. The molecule has 0 aliphatic heterocycles. The Kier molecular flexibility index (Phi) is 3.94. The lowest BCUT2D eigenvalue weighted by Gasteiger charge is -2.23. The monoisotopic (exact) mass is 241 g/mol. The maximum absolute atomic E-state index is 11.7. The van der Waals surface area contributed by atoms with E-state index in [1.54, 1.807) is 24.3 Å². The fourth-order valence-corrected chi connectivity index (χ4v) is 1.52. The summed E-state index contributed by atoms with van der Waals surface area (Å²) in [6.45, 7) is 5.55. The van der Waals surface area contributed by atoms with Crippen LogP contribution in [0, 0.1) is 0 Å². The lowest BCUT2D eigenvalue weighted by Crippen LogP contribution is -2.43. The average Bonchev–Trinajstić information content (AvgIpc) is 2.15. The fourth-order valence-electron chi connectivity index (χ4n) is 1.28. The second-order valence-electron chi connectivity index (χ2n) is 4.66. The van der Waals surface area contributed by atoms with Crippen molar-refractivity contribution in [2.45, 2.75) is 32.4 Å². The molecule has 88 valence electrons. The molecule has 0 aliphatic rings. The maximum Gasteiger partial charge on any atom is 0.253 e. The number of rotatable bonds is 2. The van der Waals surface area contributed by atoms with Crippen molar-refractivity contribution in [2.75, 3.05) is 0 Å². The van der Waals surface area contributed by atoms with Crippen LogP contribution in [0.2, 0.25) is 5.02 Å². The quantitative estimate of drug-likeness (QED) is 0.835. The maximum atomic E-state index is 11.7. The molecule has 1 amide bonds. The molecule has 1 rings (SSSR count). The fraction of sp³-hybridized carbons (Fsp3) is 0.417. The van der Waals surface area contributed by atoms with Crippen molar-refractivity contribution in [2.24, 2.45) is 0 Å². The van der Waals surface area contributed by atoms with Gasteiger partial charge in [0.2, 0.25) is 0 Å². The molecule has 1 atom stereocenters. The van der Waals surface area contributed by atoms with Crippen LogP contribution in [0.3, 0.4) is 0 Å². The SMILES string of the molecule is CC(C)(C)NC(=O)C(O)c1ccccc1Cl. The molecular formula is C12H16ClNO2. The molecule has 0 spiro atoms. The second-order valence-corrected chi connectivity index (χ2v) is 5.07. The predicted molar refractivity (Wildman–Crippen MR) is 64.3 cm³/mol. The highest BCUT2D eigenvalue weighted by molar-refractivity contribution is 6.31. The van der Waals surface area contributed by atoms with Crippen LogP contribution in [-0.4, -0.2) is 16.6 Å². The molecule has 0 bridgehead atoms. The number of nitrogens with one attached hydrogen (secondary N) is 1. The zero-order chi connectivity index (χ0) is 12.3. The minimum Gasteiger partial charge on any atom is -0.378 e. The molecule has 0 aromatic heterocycles. The van der Waals surface area contributed by atoms with E-state index in [9.17, 15) is 9.90 Å². The average molecular weight is 242 g/mol. The summed E-state index contributed by atoms with van der Waals surface area (Å²) in [4.78, 5) is 11.7. The number of benzene rings is 1. The van der Waals surface area contributed by atoms with Crippen molar-refractivity contribution in [1.29, 1.82) is 0 Å². The Balaban J connectivity index is 2.83. The Hall–Kier alpha value is -1.06. The number of hydrogen-bond acceptors (Lipinski definition) is 2. The summed E-state index contributed by atoms with van der Waals surface area (Å²) < 4.78 is 0. The van der Waals surface area contributed by atoms with Crippen molar-refractivity contribution in [1.82, 2.24) is 5.32 Å². The van der Waals surface area contributed by atoms with E-state index < -0.39 is 12.0 Å². The molecule has 0 radical (unpaired) electrons. The van der Waals surface area contributed by atoms with Crippen molar-refractivity contribution >= 4 is 17.5 Å². The van der Waals surface area contributed by atoms with E-state index in [1.165, 1.54) is 0 Å². The van der Waals surface area contributed by atoms with Crippen LogP contribution < -0.4 is 5.32 Å². The van der Waals surface area contributed by atoms with Gasteiger partial charge in [-0.1, -0.05) is 29.8 Å². The van der Waals surface area contributed by atoms with Crippen LogP contribution >= 0.6 is 11.6 Å². The molecule has 2 N–H and O–H groups in total. The van der Waals surface area contributed by atoms with Gasteiger partial charge >= 0.3 is 0 Å². The van der Waals surface area contributed by atoms with Gasteiger partial charge in [0.05, 0.1) is 0 Å². The normalized spacial score (nSPS) is 13.3. The van der Waals surface area contributed by atoms with Gasteiger partial charge < -0.3 is 10.4 Å². The number of halogens is 1. The Morgan fingerprint density at radius 2 is 1.94 bits per heavy atom. The summed E-state index contributed by atoms with van der Waals surface area (Å²) >= 11 is 5.89. The lowest BCUT2D eigenvalue weighted by atomic mass is 10.1. The largest absolute Gasteiger partial charge is 0.378 e. The van der Waals surface area contributed by atoms with E-state index in [0.717, 1.165) is 0 Å². The molecule has 1 aromatic rings. The third-order valence-electron chi connectivity index (χ3n) is 1.95. The van der Waals surface area contributed by atoms with Gasteiger partial charge in [0.25, 0.3) is 5.91 Å². The molecule has 0 heterocycles. The summed E-state index contributed by atoms with van der Waals surface area (Å²) in [7, 11) is 0. The highest BCUT2D eigenvalue weighted by Crippen LogP contribution is 2.23. The van der Waals surface area contributed by atoms with Crippen LogP contribution in [0.5, 0.6) is 0 Å². The van der Waals surface area contributed by atoms with E-state index in [-0.39, 0.29) is 5.54 Å². The molecular weight excluding hydrogens is 226 g/mol. The summed E-state index contributed by atoms with van der Waals surface area (Å²) in [5.41, 5.74) is 0.0465. The van der Waals surface area contributed by atoms with Gasteiger partial charge in [-0.25, -0.2) is 0 Å². The number of carbonyl (C=O) groups is 1. The molecule has 1 unspecified atom stereocenters. The number of aliphatic hydroxyl groups is 1. The smallest absolute Gasteiger partial charge is 0.253 e. The van der Waals surface area contributed by atoms with Crippen molar-refractivity contribution in [3.63, 3.8) is 0 Å². The first kappa shape index (κ1) is 13.0. The van der Waals surface area contributed by atoms with E-state index in [0.29, 0.717) is 10.6 Å². The van der Waals surface area contributed by atoms with Gasteiger partial charge in [-0.3, -0.25) is 4.79 Å². The molecule has 3 nitrogen and oxygen atoms in total. The highest BCUT2D eigenvalue weighted by Gasteiger charge is 2.23. The van der Waals surface area contributed by atoms with Crippen LogP contribution in [-0.2, 0) is 4.79 Å². The van der Waals surface area contributed by atoms with Crippen LogP contribution in [0.25, 0.3) is 0 Å². The minimum atomic E-state index is -1.23. The molecule has 0 saturated heterocycles. The Morgan fingerprint density at radius 1 is 1.38 bits per heavy atom. The second kappa shape index (κ2) is 4.85. The highest BCUT2D eigenvalue weighted by atomic mass is 35.5. The Bertz CT molecular complexity index is 385.